The fraction of sp³-hybridized carbons (Fsp3) is 0.154. The van der Waals surface area contributed by atoms with Gasteiger partial charge in [-0.1, -0.05) is 41.0 Å². The fourth-order valence-corrected chi connectivity index (χ4v) is 2.68. The zero-order valence-corrected chi connectivity index (χ0v) is 12.1. The zero-order valence-electron chi connectivity index (χ0n) is 9.73. The lowest BCUT2D eigenvalue weighted by atomic mass is 10.2. The van der Waals surface area contributed by atoms with E-state index < -0.39 is 0 Å². The predicted molar refractivity (Wildman–Crippen MR) is 77.4 cm³/mol. The third-order valence-electron chi connectivity index (χ3n) is 2.39. The van der Waals surface area contributed by atoms with Crippen LogP contribution in [0, 0.1) is 0 Å². The molecule has 1 atom stereocenters. The smallest absolute Gasteiger partial charge is 0.101 e. The van der Waals surface area contributed by atoms with Gasteiger partial charge < -0.3 is 5.73 Å². The van der Waals surface area contributed by atoms with Crippen LogP contribution in [-0.2, 0) is 0 Å². The zero-order chi connectivity index (χ0) is 13.1. The summed E-state index contributed by atoms with van der Waals surface area (Å²) in [6.45, 7) is 1.93. The Morgan fingerprint density at radius 3 is 2.61 bits per heavy atom. The molecule has 5 heteroatoms. The second kappa shape index (κ2) is 5.93. The number of aromatic nitrogens is 1. The minimum Gasteiger partial charge on any atom is -0.324 e. The van der Waals surface area contributed by atoms with Crippen LogP contribution in [-0.4, -0.2) is 4.98 Å². The molecule has 18 heavy (non-hydrogen) atoms. The molecule has 0 spiro atoms. The summed E-state index contributed by atoms with van der Waals surface area (Å²) in [6.07, 6.45) is 1.78. The van der Waals surface area contributed by atoms with Gasteiger partial charge in [0.15, 0.2) is 0 Å². The van der Waals surface area contributed by atoms with E-state index in [9.17, 15) is 0 Å². The van der Waals surface area contributed by atoms with Crippen molar-refractivity contribution in [3.8, 4) is 0 Å². The van der Waals surface area contributed by atoms with Crippen LogP contribution in [0.2, 0.25) is 10.0 Å². The van der Waals surface area contributed by atoms with E-state index in [1.165, 1.54) is 11.8 Å². The molecule has 2 aromatic rings. The molecular weight excluding hydrogens is 287 g/mol. The van der Waals surface area contributed by atoms with E-state index >= 15 is 0 Å². The van der Waals surface area contributed by atoms with Gasteiger partial charge in [-0.15, -0.1) is 0 Å². The minimum absolute atomic E-state index is 0.00805. The van der Waals surface area contributed by atoms with Crippen LogP contribution in [0.25, 0.3) is 0 Å². The Bertz CT molecular complexity index is 541. The Morgan fingerprint density at radius 1 is 1.22 bits per heavy atom. The van der Waals surface area contributed by atoms with Crippen molar-refractivity contribution in [2.45, 2.75) is 22.9 Å². The number of nitrogens with two attached hydrogens (primary N) is 1. The van der Waals surface area contributed by atoms with E-state index in [2.05, 4.69) is 4.98 Å². The maximum absolute atomic E-state index is 6.10. The van der Waals surface area contributed by atoms with Crippen LogP contribution in [0.5, 0.6) is 0 Å². The largest absolute Gasteiger partial charge is 0.324 e. The second-order valence-electron chi connectivity index (χ2n) is 3.90. The molecule has 0 bridgehead atoms. The van der Waals surface area contributed by atoms with Crippen molar-refractivity contribution in [3.05, 3.63) is 52.1 Å². The highest BCUT2D eigenvalue weighted by molar-refractivity contribution is 7.99. The summed E-state index contributed by atoms with van der Waals surface area (Å²) >= 11 is 13.5. The van der Waals surface area contributed by atoms with E-state index in [1.807, 2.05) is 25.1 Å². The molecule has 94 valence electrons. The van der Waals surface area contributed by atoms with Crippen LogP contribution < -0.4 is 5.73 Å². The average molecular weight is 299 g/mol. The van der Waals surface area contributed by atoms with Gasteiger partial charge in [-0.05, 0) is 36.8 Å². The average Bonchev–Trinajstić information content (AvgIpc) is 2.34. The fourth-order valence-electron chi connectivity index (χ4n) is 1.39. The van der Waals surface area contributed by atoms with Crippen LogP contribution >= 0.6 is 35.0 Å². The summed E-state index contributed by atoms with van der Waals surface area (Å²) in [5.41, 5.74) is 6.79. The van der Waals surface area contributed by atoms with Gasteiger partial charge in [-0.25, -0.2) is 4.98 Å². The summed E-state index contributed by atoms with van der Waals surface area (Å²) in [7, 11) is 0. The van der Waals surface area contributed by atoms with Crippen LogP contribution in [0.3, 0.4) is 0 Å². The Labute approximate surface area is 121 Å². The maximum Gasteiger partial charge on any atom is 0.101 e. The van der Waals surface area contributed by atoms with Crippen molar-refractivity contribution in [2.75, 3.05) is 0 Å². The third-order valence-corrected chi connectivity index (χ3v) is 4.08. The Hall–Kier alpha value is -0.740. The summed E-state index contributed by atoms with van der Waals surface area (Å²) in [5.74, 6) is 0. The topological polar surface area (TPSA) is 38.9 Å². The van der Waals surface area contributed by atoms with Crippen molar-refractivity contribution in [2.24, 2.45) is 5.73 Å². The first-order valence-corrected chi connectivity index (χ1v) is 6.98. The molecule has 1 aromatic heterocycles. The van der Waals surface area contributed by atoms with Crippen molar-refractivity contribution < 1.29 is 0 Å². The quantitative estimate of drug-likeness (QED) is 0.903. The molecule has 0 aliphatic carbocycles. The predicted octanol–water partition coefficient (Wildman–Crippen LogP) is 4.56. The number of halogens is 2. The summed E-state index contributed by atoms with van der Waals surface area (Å²) in [4.78, 5) is 5.24. The third kappa shape index (κ3) is 3.39. The Balaban J connectivity index is 2.21. The van der Waals surface area contributed by atoms with Crippen molar-refractivity contribution in [1.82, 2.24) is 4.98 Å². The maximum atomic E-state index is 6.10. The van der Waals surface area contributed by atoms with Gasteiger partial charge in [0.05, 0.1) is 5.02 Å². The lowest BCUT2D eigenvalue weighted by Crippen LogP contribution is -2.04. The molecular formula is C13H12Cl2N2S. The number of hydrogen-bond acceptors (Lipinski definition) is 3. The monoisotopic (exact) mass is 298 g/mol. The second-order valence-corrected chi connectivity index (χ2v) is 5.80. The highest BCUT2D eigenvalue weighted by Gasteiger charge is 2.06. The molecule has 0 aliphatic heterocycles. The summed E-state index contributed by atoms with van der Waals surface area (Å²) < 4.78 is 0. The number of hydrogen-bond donors (Lipinski definition) is 1. The number of pyridine rings is 1. The number of rotatable bonds is 3. The van der Waals surface area contributed by atoms with Gasteiger partial charge in [-0.3, -0.25) is 0 Å². The Morgan fingerprint density at radius 2 is 2.00 bits per heavy atom. The molecule has 2 nitrogen and oxygen atoms in total. The highest BCUT2D eigenvalue weighted by Crippen LogP contribution is 2.34. The van der Waals surface area contributed by atoms with E-state index in [-0.39, 0.29) is 6.04 Å². The number of nitrogens with zero attached hydrogens (tertiary/aromatic N) is 1. The molecule has 0 amide bonds. The first-order chi connectivity index (χ1) is 8.56. The van der Waals surface area contributed by atoms with Crippen molar-refractivity contribution in [1.29, 1.82) is 0 Å². The molecule has 0 unspecified atom stereocenters. The van der Waals surface area contributed by atoms with E-state index in [1.54, 1.807) is 18.3 Å². The van der Waals surface area contributed by atoms with Crippen LogP contribution in [0.1, 0.15) is 18.5 Å². The molecule has 0 saturated carbocycles. The van der Waals surface area contributed by atoms with E-state index in [0.29, 0.717) is 10.0 Å². The molecule has 0 aliphatic rings. The molecule has 2 N–H and O–H groups in total. The Kier molecular flexibility index (Phi) is 4.51. The molecule has 0 saturated heterocycles. The normalized spacial score (nSPS) is 12.4. The number of benzene rings is 1. The van der Waals surface area contributed by atoms with Gasteiger partial charge in [-0.2, -0.15) is 0 Å². The molecule has 1 heterocycles. The van der Waals surface area contributed by atoms with Gasteiger partial charge in [0, 0.05) is 22.2 Å². The van der Waals surface area contributed by atoms with Gasteiger partial charge in [0.25, 0.3) is 0 Å². The first kappa shape index (κ1) is 13.7. The lowest BCUT2D eigenvalue weighted by molar-refractivity contribution is 0.806. The molecule has 0 fully saturated rings. The minimum atomic E-state index is -0.00805. The van der Waals surface area contributed by atoms with Crippen LogP contribution in [0.4, 0.5) is 0 Å². The lowest BCUT2D eigenvalue weighted by Gasteiger charge is -2.07. The van der Waals surface area contributed by atoms with E-state index in [4.69, 9.17) is 28.9 Å². The van der Waals surface area contributed by atoms with Crippen LogP contribution in [0.15, 0.2) is 46.5 Å². The van der Waals surface area contributed by atoms with E-state index in [0.717, 1.165) is 15.5 Å². The SMILES string of the molecule is C[C@@H](N)c1ccc(Sc2cc(Cl)ccc2Cl)nc1. The molecule has 0 radical (unpaired) electrons. The summed E-state index contributed by atoms with van der Waals surface area (Å²) in [5, 5.41) is 2.19. The van der Waals surface area contributed by atoms with Crippen molar-refractivity contribution >= 4 is 35.0 Å². The van der Waals surface area contributed by atoms with Gasteiger partial charge in [0.1, 0.15) is 5.03 Å². The molecule has 2 rings (SSSR count). The highest BCUT2D eigenvalue weighted by atomic mass is 35.5. The van der Waals surface area contributed by atoms with Gasteiger partial charge >= 0.3 is 0 Å². The van der Waals surface area contributed by atoms with Crippen molar-refractivity contribution in [3.63, 3.8) is 0 Å². The standard InChI is InChI=1S/C13H12Cl2N2S/c1-8(16)9-2-5-13(17-7-9)18-12-6-10(14)3-4-11(12)15/h2-8H,16H2,1H3/t8-/m1/s1. The summed E-state index contributed by atoms with van der Waals surface area (Å²) in [6, 6.07) is 9.27. The van der Waals surface area contributed by atoms with Gasteiger partial charge in [0.2, 0.25) is 0 Å². The first-order valence-electron chi connectivity index (χ1n) is 5.40. The molecule has 1 aromatic carbocycles.